The third-order valence-electron chi connectivity index (χ3n) is 2.55. The van der Waals surface area contributed by atoms with Crippen LogP contribution in [0.3, 0.4) is 0 Å². The smallest absolute Gasteiger partial charge is 0.338 e. The van der Waals surface area contributed by atoms with Crippen molar-refractivity contribution in [1.29, 1.82) is 0 Å². The first-order chi connectivity index (χ1) is 9.61. The predicted octanol–water partition coefficient (Wildman–Crippen LogP) is 3.17. The van der Waals surface area contributed by atoms with Crippen molar-refractivity contribution in [2.24, 2.45) is 0 Å². The second-order valence-corrected chi connectivity index (χ2v) is 3.85. The molecule has 0 saturated carbocycles. The molecule has 2 rings (SSSR count). The number of rotatable bonds is 4. The highest BCUT2D eigenvalue weighted by Crippen LogP contribution is 2.32. The number of para-hydroxylation sites is 1. The minimum Gasteiger partial charge on any atom is -0.465 e. The zero-order valence-electron chi connectivity index (χ0n) is 10.6. The lowest BCUT2D eigenvalue weighted by Crippen LogP contribution is -2.03. The molecule has 0 N–H and O–H groups in total. The molecular formula is C14H11NO5. The first-order valence-corrected chi connectivity index (χ1v) is 5.71. The molecule has 0 saturated heterocycles. The Morgan fingerprint density at radius 3 is 2.45 bits per heavy atom. The second-order valence-electron chi connectivity index (χ2n) is 3.85. The van der Waals surface area contributed by atoms with Crippen LogP contribution >= 0.6 is 0 Å². The van der Waals surface area contributed by atoms with Crippen LogP contribution in [-0.4, -0.2) is 18.0 Å². The molecular weight excluding hydrogens is 262 g/mol. The van der Waals surface area contributed by atoms with E-state index in [1.807, 2.05) is 6.07 Å². The van der Waals surface area contributed by atoms with Gasteiger partial charge in [0.05, 0.1) is 17.6 Å². The third kappa shape index (κ3) is 2.92. The van der Waals surface area contributed by atoms with E-state index in [1.165, 1.54) is 19.2 Å². The number of hydrogen-bond acceptors (Lipinski definition) is 5. The maximum Gasteiger partial charge on any atom is 0.338 e. The lowest BCUT2D eigenvalue weighted by atomic mass is 10.2. The van der Waals surface area contributed by atoms with Gasteiger partial charge in [-0.05, 0) is 24.3 Å². The Hall–Kier alpha value is -2.89. The normalized spacial score (nSPS) is 9.85. The van der Waals surface area contributed by atoms with Gasteiger partial charge < -0.3 is 9.47 Å². The molecule has 0 spiro atoms. The van der Waals surface area contributed by atoms with Crippen LogP contribution in [-0.2, 0) is 4.74 Å². The van der Waals surface area contributed by atoms with E-state index in [0.717, 1.165) is 6.07 Å². The second kappa shape index (κ2) is 5.83. The van der Waals surface area contributed by atoms with Crippen LogP contribution in [0.5, 0.6) is 11.5 Å². The number of carbonyl (C=O) groups excluding carboxylic acids is 1. The molecule has 20 heavy (non-hydrogen) atoms. The van der Waals surface area contributed by atoms with Crippen LogP contribution in [0.1, 0.15) is 10.4 Å². The van der Waals surface area contributed by atoms with Crippen molar-refractivity contribution in [3.8, 4) is 11.5 Å². The number of hydrogen-bond donors (Lipinski definition) is 0. The maximum atomic E-state index is 11.4. The summed E-state index contributed by atoms with van der Waals surface area (Å²) in [5.74, 6) is -0.102. The van der Waals surface area contributed by atoms with Gasteiger partial charge in [-0.15, -0.1) is 0 Å². The summed E-state index contributed by atoms with van der Waals surface area (Å²) in [6.45, 7) is 0. The number of nitrogens with zero attached hydrogens (tertiary/aromatic N) is 1. The van der Waals surface area contributed by atoms with Gasteiger partial charge in [0.25, 0.3) is 0 Å². The fourth-order valence-corrected chi connectivity index (χ4v) is 1.61. The van der Waals surface area contributed by atoms with Crippen molar-refractivity contribution in [2.45, 2.75) is 0 Å². The Balaban J connectivity index is 2.38. The van der Waals surface area contributed by atoms with Gasteiger partial charge in [-0.3, -0.25) is 10.1 Å². The molecule has 0 aliphatic rings. The van der Waals surface area contributed by atoms with Crippen molar-refractivity contribution in [3.63, 3.8) is 0 Å². The Kier molecular flexibility index (Phi) is 3.95. The highest BCUT2D eigenvalue weighted by atomic mass is 16.6. The molecule has 0 aromatic heterocycles. The van der Waals surface area contributed by atoms with Crippen molar-refractivity contribution in [1.82, 2.24) is 0 Å². The molecule has 0 aliphatic carbocycles. The Labute approximate surface area is 114 Å². The first-order valence-electron chi connectivity index (χ1n) is 5.71. The summed E-state index contributed by atoms with van der Waals surface area (Å²) in [4.78, 5) is 21.8. The summed E-state index contributed by atoms with van der Waals surface area (Å²) in [5.41, 5.74) is -0.198. The van der Waals surface area contributed by atoms with Crippen LogP contribution in [0, 0.1) is 10.1 Å². The number of ether oxygens (including phenoxy) is 2. The zero-order chi connectivity index (χ0) is 14.5. The summed E-state index contributed by atoms with van der Waals surface area (Å²) < 4.78 is 9.97. The largest absolute Gasteiger partial charge is 0.465 e. The summed E-state index contributed by atoms with van der Waals surface area (Å²) in [6.07, 6.45) is 0. The predicted molar refractivity (Wildman–Crippen MR) is 71.0 cm³/mol. The minimum atomic E-state index is -0.639. The zero-order valence-corrected chi connectivity index (χ0v) is 10.6. The summed E-state index contributed by atoms with van der Waals surface area (Å²) in [5, 5.41) is 11.0. The van der Waals surface area contributed by atoms with Gasteiger partial charge in [0.1, 0.15) is 5.75 Å². The summed E-state index contributed by atoms with van der Waals surface area (Å²) in [6, 6.07) is 12.6. The summed E-state index contributed by atoms with van der Waals surface area (Å²) >= 11 is 0. The van der Waals surface area contributed by atoms with Crippen molar-refractivity contribution in [3.05, 3.63) is 64.2 Å². The Morgan fingerprint density at radius 1 is 1.15 bits per heavy atom. The Bertz CT molecular complexity index is 639. The molecule has 0 atom stereocenters. The standard InChI is InChI=1S/C14H11NO5/c1-19-14(16)10-7-8-13(12(9-10)15(17)18)20-11-5-3-2-4-6-11/h2-9H,1H3. The molecule has 0 bridgehead atoms. The number of carbonyl (C=O) groups is 1. The van der Waals surface area contributed by atoms with E-state index in [4.69, 9.17) is 4.74 Å². The van der Waals surface area contributed by atoms with Crippen molar-refractivity contribution < 1.29 is 19.2 Å². The van der Waals surface area contributed by atoms with E-state index < -0.39 is 10.9 Å². The van der Waals surface area contributed by atoms with Gasteiger partial charge in [-0.25, -0.2) is 4.79 Å². The van der Waals surface area contributed by atoms with Gasteiger partial charge in [-0.1, -0.05) is 18.2 Å². The number of nitro benzene ring substituents is 1. The van der Waals surface area contributed by atoms with Crippen LogP contribution in [0.15, 0.2) is 48.5 Å². The van der Waals surface area contributed by atoms with Gasteiger partial charge in [0.2, 0.25) is 5.75 Å². The molecule has 0 heterocycles. The van der Waals surface area contributed by atoms with Gasteiger partial charge >= 0.3 is 11.7 Å². The van der Waals surface area contributed by atoms with Crippen LogP contribution in [0.25, 0.3) is 0 Å². The average Bonchev–Trinajstić information content (AvgIpc) is 2.47. The van der Waals surface area contributed by atoms with Crippen LogP contribution in [0.2, 0.25) is 0 Å². The topological polar surface area (TPSA) is 78.7 Å². The van der Waals surface area contributed by atoms with Crippen LogP contribution < -0.4 is 4.74 Å². The molecule has 0 fully saturated rings. The number of esters is 1. The summed E-state index contributed by atoms with van der Waals surface area (Å²) in [7, 11) is 1.21. The first kappa shape index (κ1) is 13.5. The molecule has 0 amide bonds. The lowest BCUT2D eigenvalue weighted by Gasteiger charge is -2.07. The fraction of sp³-hybridized carbons (Fsp3) is 0.0714. The number of methoxy groups -OCH3 is 1. The fourth-order valence-electron chi connectivity index (χ4n) is 1.61. The molecule has 6 heteroatoms. The SMILES string of the molecule is COC(=O)c1ccc(Oc2ccccc2)c([N+](=O)[O-])c1. The van der Waals surface area contributed by atoms with E-state index in [9.17, 15) is 14.9 Å². The maximum absolute atomic E-state index is 11.4. The molecule has 0 unspecified atom stereocenters. The van der Waals surface area contributed by atoms with E-state index in [0.29, 0.717) is 5.75 Å². The van der Waals surface area contributed by atoms with E-state index in [1.54, 1.807) is 24.3 Å². The highest BCUT2D eigenvalue weighted by Gasteiger charge is 2.19. The average molecular weight is 273 g/mol. The van der Waals surface area contributed by atoms with Crippen LogP contribution in [0.4, 0.5) is 5.69 Å². The molecule has 102 valence electrons. The quantitative estimate of drug-likeness (QED) is 0.485. The van der Waals surface area contributed by atoms with Crippen molar-refractivity contribution in [2.75, 3.05) is 7.11 Å². The lowest BCUT2D eigenvalue weighted by molar-refractivity contribution is -0.385. The van der Waals surface area contributed by atoms with Gasteiger partial charge in [0.15, 0.2) is 0 Å². The molecule has 6 nitrogen and oxygen atoms in total. The minimum absolute atomic E-state index is 0.0638. The molecule has 2 aromatic carbocycles. The number of benzene rings is 2. The van der Waals surface area contributed by atoms with E-state index in [-0.39, 0.29) is 17.0 Å². The Morgan fingerprint density at radius 2 is 1.85 bits per heavy atom. The molecule has 0 aliphatic heterocycles. The van der Waals surface area contributed by atoms with E-state index >= 15 is 0 Å². The monoisotopic (exact) mass is 273 g/mol. The van der Waals surface area contributed by atoms with E-state index in [2.05, 4.69) is 4.74 Å². The van der Waals surface area contributed by atoms with Gasteiger partial charge in [-0.2, -0.15) is 0 Å². The molecule has 2 aromatic rings. The highest BCUT2D eigenvalue weighted by molar-refractivity contribution is 5.90. The molecule has 0 radical (unpaired) electrons. The third-order valence-corrected chi connectivity index (χ3v) is 2.55. The van der Waals surface area contributed by atoms with Gasteiger partial charge in [0, 0.05) is 6.07 Å². The van der Waals surface area contributed by atoms with Crippen molar-refractivity contribution >= 4 is 11.7 Å². The number of nitro groups is 1.